The highest BCUT2D eigenvalue weighted by Crippen LogP contribution is 2.20. The summed E-state index contributed by atoms with van der Waals surface area (Å²) in [5, 5.41) is 13.3. The molecule has 2 aromatic rings. The average Bonchev–Trinajstić information content (AvgIpc) is 2.53. The third-order valence-corrected chi connectivity index (χ3v) is 1.68. The summed E-state index contributed by atoms with van der Waals surface area (Å²) in [5.41, 5.74) is 0.499. The molecular weight excluding hydrogens is 195 g/mol. The SMILES string of the molecule is Fc1cc(Cl)cc(-c2nn[nH]n2)c1. The summed E-state index contributed by atoms with van der Waals surface area (Å²) in [6.45, 7) is 0. The maximum Gasteiger partial charge on any atom is 0.204 e. The number of nitrogens with zero attached hydrogens (tertiary/aromatic N) is 3. The van der Waals surface area contributed by atoms with Gasteiger partial charge in [0, 0.05) is 10.6 Å². The maximum atomic E-state index is 12.8. The van der Waals surface area contributed by atoms with Gasteiger partial charge < -0.3 is 0 Å². The van der Waals surface area contributed by atoms with E-state index in [1.165, 1.54) is 12.1 Å². The van der Waals surface area contributed by atoms with E-state index in [1.54, 1.807) is 6.07 Å². The van der Waals surface area contributed by atoms with Crippen molar-refractivity contribution in [2.75, 3.05) is 0 Å². The molecule has 1 aromatic heterocycles. The summed E-state index contributed by atoms with van der Waals surface area (Å²) in [7, 11) is 0. The van der Waals surface area contributed by atoms with Crippen molar-refractivity contribution in [3.05, 3.63) is 29.0 Å². The zero-order valence-electron chi connectivity index (χ0n) is 6.33. The van der Waals surface area contributed by atoms with E-state index in [0.29, 0.717) is 16.4 Å². The summed E-state index contributed by atoms with van der Waals surface area (Å²) in [5.74, 6) is -0.103. The van der Waals surface area contributed by atoms with Gasteiger partial charge in [-0.1, -0.05) is 11.6 Å². The topological polar surface area (TPSA) is 54.5 Å². The van der Waals surface area contributed by atoms with Crippen LogP contribution in [0.4, 0.5) is 4.39 Å². The third-order valence-electron chi connectivity index (χ3n) is 1.47. The quantitative estimate of drug-likeness (QED) is 0.758. The summed E-state index contributed by atoms with van der Waals surface area (Å²) >= 11 is 5.64. The first-order valence-corrected chi connectivity index (χ1v) is 3.83. The van der Waals surface area contributed by atoms with Crippen LogP contribution in [0, 0.1) is 5.82 Å². The Morgan fingerprint density at radius 2 is 2.15 bits per heavy atom. The van der Waals surface area contributed by atoms with E-state index >= 15 is 0 Å². The van der Waals surface area contributed by atoms with E-state index in [-0.39, 0.29) is 0 Å². The van der Waals surface area contributed by atoms with Gasteiger partial charge in [-0.3, -0.25) is 0 Å². The number of rotatable bonds is 1. The Bertz CT molecular complexity index is 394. The van der Waals surface area contributed by atoms with Crippen LogP contribution in [-0.4, -0.2) is 20.6 Å². The zero-order valence-corrected chi connectivity index (χ0v) is 7.09. The van der Waals surface area contributed by atoms with Gasteiger partial charge in [0.05, 0.1) is 0 Å². The van der Waals surface area contributed by atoms with Gasteiger partial charge in [-0.05, 0) is 23.4 Å². The molecular formula is C7H4ClFN4. The Balaban J connectivity index is 2.53. The lowest BCUT2D eigenvalue weighted by Crippen LogP contribution is -1.83. The summed E-state index contributed by atoms with van der Waals surface area (Å²) in [4.78, 5) is 0. The monoisotopic (exact) mass is 198 g/mol. The van der Waals surface area contributed by atoms with Crippen LogP contribution in [0.2, 0.25) is 5.02 Å². The first kappa shape index (κ1) is 8.12. The average molecular weight is 199 g/mol. The first-order chi connectivity index (χ1) is 6.25. The Morgan fingerprint density at radius 1 is 1.31 bits per heavy atom. The van der Waals surface area contributed by atoms with Crippen LogP contribution in [0.1, 0.15) is 0 Å². The summed E-state index contributed by atoms with van der Waals surface area (Å²) in [6.07, 6.45) is 0. The van der Waals surface area contributed by atoms with Crippen molar-refractivity contribution in [1.29, 1.82) is 0 Å². The molecule has 1 N–H and O–H groups in total. The molecule has 0 aliphatic heterocycles. The number of hydrogen-bond donors (Lipinski definition) is 1. The van der Waals surface area contributed by atoms with Gasteiger partial charge in [0.2, 0.25) is 5.82 Å². The molecule has 0 unspecified atom stereocenters. The number of benzene rings is 1. The van der Waals surface area contributed by atoms with Crippen LogP contribution in [0.3, 0.4) is 0 Å². The van der Waals surface area contributed by atoms with Crippen LogP contribution in [0.15, 0.2) is 18.2 Å². The van der Waals surface area contributed by atoms with Crippen LogP contribution >= 0.6 is 11.6 Å². The molecule has 1 aromatic carbocycles. The normalized spacial score (nSPS) is 10.3. The number of halogens is 2. The van der Waals surface area contributed by atoms with Crippen LogP contribution in [-0.2, 0) is 0 Å². The smallest absolute Gasteiger partial charge is 0.204 e. The fourth-order valence-corrected chi connectivity index (χ4v) is 1.19. The standard InChI is InChI=1S/C7H4ClFN4/c8-5-1-4(2-6(9)3-5)7-10-12-13-11-7/h1-3H,(H,10,11,12,13). The second-order valence-electron chi connectivity index (χ2n) is 2.39. The van der Waals surface area contributed by atoms with E-state index in [9.17, 15) is 4.39 Å². The molecule has 0 radical (unpaired) electrons. The fourth-order valence-electron chi connectivity index (χ4n) is 0.967. The number of nitrogens with one attached hydrogen (secondary N) is 1. The second kappa shape index (κ2) is 3.10. The first-order valence-electron chi connectivity index (χ1n) is 3.45. The fraction of sp³-hybridized carbons (Fsp3) is 0. The molecule has 0 atom stereocenters. The van der Waals surface area contributed by atoms with E-state index in [2.05, 4.69) is 20.6 Å². The number of aromatic amines is 1. The van der Waals surface area contributed by atoms with Gasteiger partial charge in [-0.25, -0.2) is 4.39 Å². The highest BCUT2D eigenvalue weighted by Gasteiger charge is 2.05. The van der Waals surface area contributed by atoms with E-state index < -0.39 is 5.82 Å². The number of H-pyrrole nitrogens is 1. The molecule has 0 spiro atoms. The van der Waals surface area contributed by atoms with Crippen molar-refractivity contribution in [2.45, 2.75) is 0 Å². The lowest BCUT2D eigenvalue weighted by Gasteiger charge is -1.95. The number of hydrogen-bond acceptors (Lipinski definition) is 3. The van der Waals surface area contributed by atoms with E-state index in [1.807, 2.05) is 0 Å². The number of aromatic nitrogens is 4. The van der Waals surface area contributed by atoms with Crippen molar-refractivity contribution in [3.63, 3.8) is 0 Å². The molecule has 0 bridgehead atoms. The van der Waals surface area contributed by atoms with Gasteiger partial charge in [0.25, 0.3) is 0 Å². The molecule has 0 amide bonds. The van der Waals surface area contributed by atoms with Gasteiger partial charge >= 0.3 is 0 Å². The highest BCUT2D eigenvalue weighted by molar-refractivity contribution is 6.30. The van der Waals surface area contributed by atoms with Crippen LogP contribution in [0.25, 0.3) is 11.4 Å². The minimum Gasteiger partial charge on any atom is -0.207 e. The Kier molecular flexibility index (Phi) is 1.94. The summed E-state index contributed by atoms with van der Waals surface area (Å²) in [6, 6.07) is 4.07. The second-order valence-corrected chi connectivity index (χ2v) is 2.83. The predicted octanol–water partition coefficient (Wildman–Crippen LogP) is 1.66. The molecule has 0 aliphatic rings. The molecule has 0 saturated carbocycles. The molecule has 13 heavy (non-hydrogen) atoms. The van der Waals surface area contributed by atoms with Crippen molar-refractivity contribution in [1.82, 2.24) is 20.6 Å². The molecule has 0 aliphatic carbocycles. The third kappa shape index (κ3) is 1.65. The Labute approximate surface area is 77.7 Å². The molecule has 6 heteroatoms. The number of tetrazole rings is 1. The lowest BCUT2D eigenvalue weighted by atomic mass is 10.2. The largest absolute Gasteiger partial charge is 0.207 e. The molecule has 2 rings (SSSR count). The minimum absolute atomic E-state index is 0.305. The lowest BCUT2D eigenvalue weighted by molar-refractivity contribution is 0.628. The molecule has 66 valence electrons. The molecule has 0 saturated heterocycles. The molecule has 1 heterocycles. The van der Waals surface area contributed by atoms with Crippen molar-refractivity contribution >= 4 is 11.6 Å². The van der Waals surface area contributed by atoms with Crippen LogP contribution in [0.5, 0.6) is 0 Å². The van der Waals surface area contributed by atoms with E-state index in [4.69, 9.17) is 11.6 Å². The predicted molar refractivity (Wildman–Crippen MR) is 44.6 cm³/mol. The van der Waals surface area contributed by atoms with Crippen molar-refractivity contribution in [3.8, 4) is 11.4 Å². The summed E-state index contributed by atoms with van der Waals surface area (Å²) < 4.78 is 12.8. The zero-order chi connectivity index (χ0) is 9.26. The van der Waals surface area contributed by atoms with Gasteiger partial charge in [0.15, 0.2) is 0 Å². The maximum absolute atomic E-state index is 12.8. The van der Waals surface area contributed by atoms with Gasteiger partial charge in [-0.15, -0.1) is 10.2 Å². The Morgan fingerprint density at radius 3 is 2.77 bits per heavy atom. The minimum atomic E-state index is -0.424. The highest BCUT2D eigenvalue weighted by atomic mass is 35.5. The molecule has 4 nitrogen and oxygen atoms in total. The van der Waals surface area contributed by atoms with Crippen LogP contribution < -0.4 is 0 Å². The van der Waals surface area contributed by atoms with Gasteiger partial charge in [-0.2, -0.15) is 5.21 Å². The van der Waals surface area contributed by atoms with Crippen molar-refractivity contribution < 1.29 is 4.39 Å². The van der Waals surface area contributed by atoms with E-state index in [0.717, 1.165) is 0 Å². The Hall–Kier alpha value is -1.49. The van der Waals surface area contributed by atoms with Gasteiger partial charge in [0.1, 0.15) is 5.82 Å². The van der Waals surface area contributed by atoms with Crippen molar-refractivity contribution in [2.24, 2.45) is 0 Å². The molecule has 0 fully saturated rings.